The standard InChI is InChI=1S/C12H24N4O/c13-12(15-11-3-1-4-11)14-5-7-16-6-2-9-17-10-8-16/h11H,1-10H2,(H3,13,14,15). The Morgan fingerprint density at radius 3 is 2.94 bits per heavy atom. The number of ether oxygens (including phenoxy) is 1. The Hall–Kier alpha value is -0.810. The number of hydrogen-bond acceptors (Lipinski definition) is 3. The summed E-state index contributed by atoms with van der Waals surface area (Å²) in [7, 11) is 0. The van der Waals surface area contributed by atoms with Gasteiger partial charge in [0.2, 0.25) is 0 Å². The molecule has 3 N–H and O–H groups in total. The Balaban J connectivity index is 1.61. The molecule has 0 bridgehead atoms. The zero-order valence-electron chi connectivity index (χ0n) is 10.5. The second kappa shape index (κ2) is 6.81. The van der Waals surface area contributed by atoms with E-state index in [9.17, 15) is 0 Å². The second-order valence-corrected chi connectivity index (χ2v) is 4.85. The van der Waals surface area contributed by atoms with Crippen LogP contribution in [0.4, 0.5) is 0 Å². The highest BCUT2D eigenvalue weighted by molar-refractivity contribution is 5.78. The number of nitrogens with zero attached hydrogens (tertiary/aromatic N) is 2. The van der Waals surface area contributed by atoms with Gasteiger partial charge >= 0.3 is 0 Å². The minimum Gasteiger partial charge on any atom is -0.380 e. The summed E-state index contributed by atoms with van der Waals surface area (Å²) in [6.07, 6.45) is 4.91. The normalized spacial score (nSPS) is 24.1. The summed E-state index contributed by atoms with van der Waals surface area (Å²) in [5.41, 5.74) is 5.83. The van der Waals surface area contributed by atoms with Gasteiger partial charge in [-0.2, -0.15) is 0 Å². The first kappa shape index (κ1) is 12.6. The molecule has 2 rings (SSSR count). The molecule has 5 nitrogen and oxygen atoms in total. The molecule has 98 valence electrons. The Labute approximate surface area is 103 Å². The molecule has 1 heterocycles. The molecule has 0 unspecified atom stereocenters. The molecular weight excluding hydrogens is 216 g/mol. The lowest BCUT2D eigenvalue weighted by Gasteiger charge is -2.26. The third kappa shape index (κ3) is 4.52. The highest BCUT2D eigenvalue weighted by atomic mass is 16.5. The highest BCUT2D eigenvalue weighted by Crippen LogP contribution is 2.17. The summed E-state index contributed by atoms with van der Waals surface area (Å²) in [5, 5.41) is 3.25. The average Bonchev–Trinajstić information content (AvgIpc) is 2.52. The summed E-state index contributed by atoms with van der Waals surface area (Å²) in [6.45, 7) is 5.64. The van der Waals surface area contributed by atoms with Crippen LogP contribution in [0, 0.1) is 0 Å². The fourth-order valence-electron chi connectivity index (χ4n) is 2.14. The van der Waals surface area contributed by atoms with Crippen molar-refractivity contribution in [3.05, 3.63) is 0 Å². The van der Waals surface area contributed by atoms with Crippen molar-refractivity contribution in [2.75, 3.05) is 39.4 Å². The maximum Gasteiger partial charge on any atom is 0.188 e. The van der Waals surface area contributed by atoms with Crippen LogP contribution >= 0.6 is 0 Å². The van der Waals surface area contributed by atoms with Gasteiger partial charge in [-0.15, -0.1) is 0 Å². The Bertz CT molecular complexity index is 245. The summed E-state index contributed by atoms with van der Waals surface area (Å²) in [6, 6.07) is 0.574. The predicted molar refractivity (Wildman–Crippen MR) is 69.1 cm³/mol. The summed E-state index contributed by atoms with van der Waals surface area (Å²) in [5.74, 6) is 0.612. The van der Waals surface area contributed by atoms with Crippen molar-refractivity contribution in [2.24, 2.45) is 10.7 Å². The molecule has 0 atom stereocenters. The van der Waals surface area contributed by atoms with Crippen molar-refractivity contribution in [2.45, 2.75) is 31.7 Å². The van der Waals surface area contributed by atoms with Crippen LogP contribution in [0.2, 0.25) is 0 Å². The first-order valence-electron chi connectivity index (χ1n) is 6.71. The van der Waals surface area contributed by atoms with Crippen LogP contribution in [0.3, 0.4) is 0 Å². The van der Waals surface area contributed by atoms with E-state index in [-0.39, 0.29) is 0 Å². The smallest absolute Gasteiger partial charge is 0.188 e. The van der Waals surface area contributed by atoms with Crippen molar-refractivity contribution in [3.63, 3.8) is 0 Å². The van der Waals surface area contributed by atoms with E-state index in [1.54, 1.807) is 0 Å². The molecule has 2 fully saturated rings. The molecule has 1 aliphatic carbocycles. The average molecular weight is 240 g/mol. The third-order valence-corrected chi connectivity index (χ3v) is 3.47. The van der Waals surface area contributed by atoms with E-state index < -0.39 is 0 Å². The molecule has 1 aliphatic heterocycles. The topological polar surface area (TPSA) is 62.9 Å². The van der Waals surface area contributed by atoms with E-state index in [1.165, 1.54) is 19.3 Å². The highest BCUT2D eigenvalue weighted by Gasteiger charge is 2.17. The van der Waals surface area contributed by atoms with Gasteiger partial charge in [0, 0.05) is 32.3 Å². The predicted octanol–water partition coefficient (Wildman–Crippen LogP) is 0.166. The summed E-state index contributed by atoms with van der Waals surface area (Å²) < 4.78 is 5.41. The van der Waals surface area contributed by atoms with Crippen molar-refractivity contribution in [3.8, 4) is 0 Å². The first-order valence-corrected chi connectivity index (χ1v) is 6.71. The summed E-state index contributed by atoms with van der Waals surface area (Å²) in [4.78, 5) is 6.77. The minimum atomic E-state index is 0.574. The Morgan fingerprint density at radius 1 is 1.29 bits per heavy atom. The van der Waals surface area contributed by atoms with Gasteiger partial charge in [0.1, 0.15) is 0 Å². The maximum absolute atomic E-state index is 5.83. The van der Waals surface area contributed by atoms with Crippen LogP contribution in [-0.2, 0) is 4.74 Å². The number of guanidine groups is 1. The fraction of sp³-hybridized carbons (Fsp3) is 0.917. The molecule has 0 aromatic heterocycles. The molecule has 2 aliphatic rings. The summed E-state index contributed by atoms with van der Waals surface area (Å²) >= 11 is 0. The zero-order chi connectivity index (χ0) is 11.9. The van der Waals surface area contributed by atoms with Crippen molar-refractivity contribution < 1.29 is 4.74 Å². The number of rotatable bonds is 4. The van der Waals surface area contributed by atoms with Gasteiger partial charge in [-0.25, -0.2) is 0 Å². The van der Waals surface area contributed by atoms with Crippen LogP contribution < -0.4 is 11.1 Å². The zero-order valence-corrected chi connectivity index (χ0v) is 10.5. The van der Waals surface area contributed by atoms with E-state index in [0.717, 1.165) is 45.8 Å². The van der Waals surface area contributed by atoms with Crippen molar-refractivity contribution in [1.29, 1.82) is 0 Å². The van der Waals surface area contributed by atoms with E-state index in [4.69, 9.17) is 10.5 Å². The van der Waals surface area contributed by atoms with Gasteiger partial charge in [0.15, 0.2) is 5.96 Å². The fourth-order valence-corrected chi connectivity index (χ4v) is 2.14. The third-order valence-electron chi connectivity index (χ3n) is 3.47. The monoisotopic (exact) mass is 240 g/mol. The molecule has 17 heavy (non-hydrogen) atoms. The number of aliphatic imine (C=N–C) groups is 1. The van der Waals surface area contributed by atoms with Crippen LogP contribution in [0.1, 0.15) is 25.7 Å². The number of nitrogens with two attached hydrogens (primary N) is 1. The van der Waals surface area contributed by atoms with Crippen LogP contribution in [0.25, 0.3) is 0 Å². The lowest BCUT2D eigenvalue weighted by Crippen LogP contribution is -2.44. The van der Waals surface area contributed by atoms with Crippen molar-refractivity contribution in [1.82, 2.24) is 10.2 Å². The first-order chi connectivity index (χ1) is 8.34. The minimum absolute atomic E-state index is 0.574. The molecule has 0 aromatic carbocycles. The molecule has 1 saturated heterocycles. The van der Waals surface area contributed by atoms with E-state index in [2.05, 4.69) is 15.2 Å². The quantitative estimate of drug-likeness (QED) is 0.543. The lowest BCUT2D eigenvalue weighted by atomic mass is 9.93. The second-order valence-electron chi connectivity index (χ2n) is 4.85. The largest absolute Gasteiger partial charge is 0.380 e. The Kier molecular flexibility index (Phi) is 5.07. The van der Waals surface area contributed by atoms with Gasteiger partial charge in [-0.1, -0.05) is 0 Å². The van der Waals surface area contributed by atoms with Gasteiger partial charge in [-0.3, -0.25) is 9.89 Å². The molecule has 0 aromatic rings. The number of hydrogen-bond donors (Lipinski definition) is 2. The number of nitrogens with one attached hydrogen (secondary N) is 1. The Morgan fingerprint density at radius 2 is 2.18 bits per heavy atom. The molecule has 1 saturated carbocycles. The van der Waals surface area contributed by atoms with Gasteiger partial charge < -0.3 is 15.8 Å². The van der Waals surface area contributed by atoms with Crippen LogP contribution in [0.15, 0.2) is 4.99 Å². The molecular formula is C12H24N4O. The van der Waals surface area contributed by atoms with Gasteiger partial charge in [-0.05, 0) is 25.7 Å². The van der Waals surface area contributed by atoms with E-state index in [1.807, 2.05) is 0 Å². The maximum atomic E-state index is 5.83. The van der Waals surface area contributed by atoms with E-state index in [0.29, 0.717) is 12.0 Å². The van der Waals surface area contributed by atoms with E-state index >= 15 is 0 Å². The van der Waals surface area contributed by atoms with Crippen LogP contribution in [-0.4, -0.2) is 56.3 Å². The molecule has 0 amide bonds. The van der Waals surface area contributed by atoms with Gasteiger partial charge in [0.05, 0.1) is 13.2 Å². The molecule has 5 heteroatoms. The van der Waals surface area contributed by atoms with Crippen LogP contribution in [0.5, 0.6) is 0 Å². The van der Waals surface area contributed by atoms with Crippen molar-refractivity contribution >= 4 is 5.96 Å². The molecule has 0 radical (unpaired) electrons. The van der Waals surface area contributed by atoms with Gasteiger partial charge in [0.25, 0.3) is 0 Å². The molecule has 0 spiro atoms. The lowest BCUT2D eigenvalue weighted by molar-refractivity contribution is 0.142. The SMILES string of the molecule is NC(=NCCN1CCCOCC1)NC1CCC1.